The minimum absolute atomic E-state index is 0.0741. The van der Waals surface area contributed by atoms with E-state index < -0.39 is 0 Å². The number of rotatable bonds is 10. The molecule has 8 heteroatoms. The Balaban J connectivity index is 1.47. The molecule has 0 spiro atoms. The summed E-state index contributed by atoms with van der Waals surface area (Å²) >= 11 is 3.43. The molecular weight excluding hydrogens is 472 g/mol. The molecule has 2 amide bonds. The van der Waals surface area contributed by atoms with Gasteiger partial charge in [0.2, 0.25) is 0 Å². The van der Waals surface area contributed by atoms with Crippen LogP contribution in [0.4, 0.5) is 0 Å². The molecule has 1 atom stereocenters. The van der Waals surface area contributed by atoms with Crippen LogP contribution in [-0.2, 0) is 9.53 Å². The normalized spacial score (nSPS) is 15.4. The number of amides is 2. The fraction of sp³-hybridized carbons (Fsp3) is 0.375. The van der Waals surface area contributed by atoms with Crippen LogP contribution < -0.4 is 10.7 Å². The van der Waals surface area contributed by atoms with Gasteiger partial charge in [-0.25, -0.2) is 5.43 Å². The monoisotopic (exact) mass is 500 g/mol. The zero-order valence-electron chi connectivity index (χ0n) is 18.0. The highest BCUT2D eigenvalue weighted by atomic mass is 79.9. The number of nitrogens with one attached hydrogen (secondary N) is 2. The van der Waals surface area contributed by atoms with E-state index in [1.807, 2.05) is 42.5 Å². The molecular formula is C24H29BrN4O3. The second kappa shape index (κ2) is 13.1. The SMILES string of the molecule is O=C(NCCCCC(C(=O)NN=Cc1cccc(Br)c1)N1CCOCC1)c1ccccc1. The number of hydrogen-bond donors (Lipinski definition) is 2. The first-order valence-electron chi connectivity index (χ1n) is 10.9. The number of carbonyl (C=O) groups excluding carboxylic acids is 2. The van der Waals surface area contributed by atoms with E-state index >= 15 is 0 Å². The summed E-state index contributed by atoms with van der Waals surface area (Å²) < 4.78 is 6.39. The van der Waals surface area contributed by atoms with Crippen molar-refractivity contribution in [3.63, 3.8) is 0 Å². The number of morpholine rings is 1. The lowest BCUT2D eigenvalue weighted by Crippen LogP contribution is -2.50. The maximum atomic E-state index is 12.9. The second-order valence-corrected chi connectivity index (χ2v) is 8.49. The van der Waals surface area contributed by atoms with Gasteiger partial charge in [-0.05, 0) is 49.1 Å². The summed E-state index contributed by atoms with van der Waals surface area (Å²) in [5, 5.41) is 7.08. The van der Waals surface area contributed by atoms with Crippen molar-refractivity contribution in [2.45, 2.75) is 25.3 Å². The molecule has 0 radical (unpaired) electrons. The summed E-state index contributed by atoms with van der Waals surface area (Å²) in [7, 11) is 0. The van der Waals surface area contributed by atoms with Gasteiger partial charge in [0, 0.05) is 29.7 Å². The summed E-state index contributed by atoms with van der Waals surface area (Å²) in [6.07, 6.45) is 3.95. The van der Waals surface area contributed by atoms with Crippen molar-refractivity contribution in [2.24, 2.45) is 5.10 Å². The third-order valence-electron chi connectivity index (χ3n) is 5.25. The zero-order valence-corrected chi connectivity index (χ0v) is 19.6. The third kappa shape index (κ3) is 7.85. The Morgan fingerprint density at radius 2 is 1.88 bits per heavy atom. The van der Waals surface area contributed by atoms with E-state index in [1.165, 1.54) is 0 Å². The van der Waals surface area contributed by atoms with Gasteiger partial charge in [-0.15, -0.1) is 0 Å². The van der Waals surface area contributed by atoms with Gasteiger partial charge in [-0.1, -0.05) is 46.3 Å². The Morgan fingerprint density at radius 1 is 1.09 bits per heavy atom. The van der Waals surface area contributed by atoms with Crippen LogP contribution in [0, 0.1) is 0 Å². The van der Waals surface area contributed by atoms with Crippen molar-refractivity contribution in [1.82, 2.24) is 15.6 Å². The topological polar surface area (TPSA) is 83.0 Å². The number of ether oxygens (including phenoxy) is 1. The van der Waals surface area contributed by atoms with E-state index in [-0.39, 0.29) is 17.9 Å². The average molecular weight is 501 g/mol. The lowest BCUT2D eigenvalue weighted by Gasteiger charge is -2.33. The highest BCUT2D eigenvalue weighted by molar-refractivity contribution is 9.10. The van der Waals surface area contributed by atoms with Crippen molar-refractivity contribution < 1.29 is 14.3 Å². The van der Waals surface area contributed by atoms with Gasteiger partial charge in [-0.3, -0.25) is 14.5 Å². The molecule has 7 nitrogen and oxygen atoms in total. The molecule has 2 aromatic rings. The number of hydrogen-bond acceptors (Lipinski definition) is 5. The summed E-state index contributed by atoms with van der Waals surface area (Å²) in [6.45, 7) is 3.26. The minimum Gasteiger partial charge on any atom is -0.379 e. The second-order valence-electron chi connectivity index (χ2n) is 7.57. The maximum absolute atomic E-state index is 12.9. The highest BCUT2D eigenvalue weighted by Gasteiger charge is 2.26. The fourth-order valence-corrected chi connectivity index (χ4v) is 3.97. The van der Waals surface area contributed by atoms with Crippen molar-refractivity contribution >= 4 is 34.0 Å². The molecule has 0 bridgehead atoms. The predicted molar refractivity (Wildman–Crippen MR) is 129 cm³/mol. The molecule has 1 fully saturated rings. The molecule has 1 saturated heterocycles. The summed E-state index contributed by atoms with van der Waals surface area (Å²) in [6, 6.07) is 16.6. The molecule has 0 aliphatic carbocycles. The minimum atomic E-state index is -0.275. The molecule has 1 aliphatic rings. The third-order valence-corrected chi connectivity index (χ3v) is 5.75. The molecule has 32 heavy (non-hydrogen) atoms. The van der Waals surface area contributed by atoms with Crippen LogP contribution in [0.2, 0.25) is 0 Å². The van der Waals surface area contributed by atoms with Gasteiger partial charge >= 0.3 is 0 Å². The Bertz CT molecular complexity index is 901. The van der Waals surface area contributed by atoms with Gasteiger partial charge < -0.3 is 10.1 Å². The summed E-state index contributed by atoms with van der Waals surface area (Å²) in [5.74, 6) is -0.193. The first-order valence-corrected chi connectivity index (χ1v) is 11.7. The number of halogens is 1. The molecule has 1 aliphatic heterocycles. The Kier molecular flexibility index (Phi) is 9.87. The van der Waals surface area contributed by atoms with Crippen molar-refractivity contribution in [2.75, 3.05) is 32.8 Å². The van der Waals surface area contributed by atoms with Crippen molar-refractivity contribution in [3.05, 3.63) is 70.2 Å². The first-order chi connectivity index (χ1) is 15.6. The van der Waals surface area contributed by atoms with E-state index in [0.29, 0.717) is 31.7 Å². The van der Waals surface area contributed by atoms with Gasteiger partial charge in [-0.2, -0.15) is 5.10 Å². The lowest BCUT2D eigenvalue weighted by molar-refractivity contribution is -0.128. The molecule has 0 aromatic heterocycles. The number of nitrogens with zero attached hydrogens (tertiary/aromatic N) is 2. The van der Waals surface area contributed by atoms with E-state index in [4.69, 9.17) is 4.74 Å². The smallest absolute Gasteiger partial charge is 0.257 e. The molecule has 170 valence electrons. The van der Waals surface area contributed by atoms with Crippen molar-refractivity contribution in [1.29, 1.82) is 0 Å². The lowest BCUT2D eigenvalue weighted by atomic mass is 10.1. The molecule has 3 rings (SSSR count). The number of unbranched alkanes of at least 4 members (excludes halogenated alkanes) is 1. The molecule has 1 heterocycles. The Labute approximate surface area is 197 Å². The van der Waals surface area contributed by atoms with Crippen LogP contribution in [0.15, 0.2) is 64.2 Å². The molecule has 0 saturated carbocycles. The maximum Gasteiger partial charge on any atom is 0.257 e. The van der Waals surface area contributed by atoms with Crippen LogP contribution in [0.25, 0.3) is 0 Å². The quantitative estimate of drug-likeness (QED) is 0.298. The van der Waals surface area contributed by atoms with Crippen molar-refractivity contribution in [3.8, 4) is 0 Å². The van der Waals surface area contributed by atoms with E-state index in [2.05, 4.69) is 36.7 Å². The molecule has 1 unspecified atom stereocenters. The van der Waals surface area contributed by atoms with E-state index in [1.54, 1.807) is 18.3 Å². The van der Waals surface area contributed by atoms with Gasteiger partial charge in [0.25, 0.3) is 11.8 Å². The largest absolute Gasteiger partial charge is 0.379 e. The average Bonchev–Trinajstić information content (AvgIpc) is 2.82. The molecule has 2 aromatic carbocycles. The fourth-order valence-electron chi connectivity index (χ4n) is 3.56. The Morgan fingerprint density at radius 3 is 2.62 bits per heavy atom. The molecule has 2 N–H and O–H groups in total. The van der Waals surface area contributed by atoms with Crippen LogP contribution in [-0.4, -0.2) is 61.8 Å². The predicted octanol–water partition coefficient (Wildman–Crippen LogP) is 3.20. The van der Waals surface area contributed by atoms with Gasteiger partial charge in [0.15, 0.2) is 0 Å². The number of hydrazone groups is 1. The number of carbonyl (C=O) groups is 2. The van der Waals surface area contributed by atoms with Crippen LogP contribution >= 0.6 is 15.9 Å². The zero-order chi connectivity index (χ0) is 22.6. The number of benzene rings is 2. The van der Waals surface area contributed by atoms with Crippen LogP contribution in [0.3, 0.4) is 0 Å². The standard InChI is InChI=1S/C24H29BrN4O3/c25-21-10-6-7-19(17-21)18-27-28-24(31)22(29-13-15-32-16-14-29)11-4-5-12-26-23(30)20-8-2-1-3-9-20/h1-3,6-10,17-18,22H,4-5,11-16H2,(H,26,30)(H,28,31). The van der Waals surface area contributed by atoms with Crippen LogP contribution in [0.5, 0.6) is 0 Å². The summed E-state index contributed by atoms with van der Waals surface area (Å²) in [4.78, 5) is 27.2. The first kappa shape index (κ1) is 24.1. The van der Waals surface area contributed by atoms with Crippen LogP contribution in [0.1, 0.15) is 35.2 Å². The summed E-state index contributed by atoms with van der Waals surface area (Å²) in [5.41, 5.74) is 4.25. The highest BCUT2D eigenvalue weighted by Crippen LogP contribution is 2.13. The van der Waals surface area contributed by atoms with Gasteiger partial charge in [0.05, 0.1) is 25.5 Å². The van der Waals surface area contributed by atoms with E-state index in [9.17, 15) is 9.59 Å². The Hall–Kier alpha value is -2.55. The van der Waals surface area contributed by atoms with Gasteiger partial charge in [0.1, 0.15) is 0 Å². The van der Waals surface area contributed by atoms with E-state index in [0.717, 1.165) is 36.0 Å².